The van der Waals surface area contributed by atoms with E-state index < -0.39 is 0 Å². The largest absolute Gasteiger partial charge is 0.419 e. The molecule has 0 radical (unpaired) electrons. The summed E-state index contributed by atoms with van der Waals surface area (Å²) in [7, 11) is 1.82. The number of rotatable bonds is 6. The van der Waals surface area contributed by atoms with Crippen LogP contribution >= 0.6 is 11.6 Å². The van der Waals surface area contributed by atoms with E-state index in [-0.39, 0.29) is 12.5 Å². The number of nitrogens with one attached hydrogen (secondary N) is 1. The number of aryl methyl sites for hydroxylation is 1. The molecule has 0 fully saturated rings. The van der Waals surface area contributed by atoms with Gasteiger partial charge in [-0.1, -0.05) is 29.3 Å². The third-order valence-corrected chi connectivity index (χ3v) is 3.93. The number of aromatic nitrogens is 2. The highest BCUT2D eigenvalue weighted by atomic mass is 35.5. The molecule has 1 heterocycles. The summed E-state index contributed by atoms with van der Waals surface area (Å²) in [5, 5.41) is 11.6. The average molecular weight is 371 g/mol. The van der Waals surface area contributed by atoms with Gasteiger partial charge in [0, 0.05) is 16.3 Å². The second-order valence-electron chi connectivity index (χ2n) is 6.10. The first kappa shape index (κ1) is 18.1. The zero-order valence-corrected chi connectivity index (χ0v) is 15.3. The zero-order chi connectivity index (χ0) is 18.5. The quantitative estimate of drug-likeness (QED) is 0.715. The molecule has 3 aromatic rings. The van der Waals surface area contributed by atoms with Crippen LogP contribution in [-0.2, 0) is 11.3 Å². The van der Waals surface area contributed by atoms with E-state index in [9.17, 15) is 4.79 Å². The molecule has 3 rings (SSSR count). The molecule has 6 nitrogen and oxygen atoms in total. The minimum Gasteiger partial charge on any atom is -0.419 e. The minimum absolute atomic E-state index is 0.131. The lowest BCUT2D eigenvalue weighted by Crippen LogP contribution is -2.29. The van der Waals surface area contributed by atoms with Crippen LogP contribution in [0.1, 0.15) is 11.5 Å². The Kier molecular flexibility index (Phi) is 5.65. The van der Waals surface area contributed by atoms with E-state index in [0.29, 0.717) is 29.0 Å². The molecule has 0 bridgehead atoms. The lowest BCUT2D eigenvalue weighted by molar-refractivity contribution is -0.117. The number of likely N-dealkylation sites (N-methyl/N-ethyl adjacent to an activating group) is 1. The fraction of sp³-hybridized carbons (Fsp3) is 0.211. The van der Waals surface area contributed by atoms with E-state index >= 15 is 0 Å². The number of halogens is 1. The molecule has 1 N–H and O–H groups in total. The maximum absolute atomic E-state index is 12.1. The molecule has 0 aliphatic rings. The number of benzene rings is 2. The molecule has 0 unspecified atom stereocenters. The first-order chi connectivity index (χ1) is 12.5. The van der Waals surface area contributed by atoms with Crippen molar-refractivity contribution in [2.75, 3.05) is 18.9 Å². The van der Waals surface area contributed by atoms with Gasteiger partial charge in [-0.05, 0) is 50.4 Å². The number of hydrogen-bond donors (Lipinski definition) is 1. The van der Waals surface area contributed by atoms with Crippen molar-refractivity contribution in [3.05, 3.63) is 65.0 Å². The van der Waals surface area contributed by atoms with Crippen LogP contribution in [0.2, 0.25) is 5.02 Å². The fourth-order valence-electron chi connectivity index (χ4n) is 2.48. The van der Waals surface area contributed by atoms with E-state index in [1.165, 1.54) is 0 Å². The number of anilines is 1. The van der Waals surface area contributed by atoms with E-state index in [1.807, 2.05) is 38.2 Å². The van der Waals surface area contributed by atoms with Crippen LogP contribution in [0.15, 0.2) is 52.9 Å². The number of hydrogen-bond acceptors (Lipinski definition) is 5. The van der Waals surface area contributed by atoms with Crippen molar-refractivity contribution in [3.8, 4) is 11.5 Å². The third kappa shape index (κ3) is 4.91. The molecule has 7 heteroatoms. The highest BCUT2D eigenvalue weighted by Gasteiger charge is 2.13. The first-order valence-corrected chi connectivity index (χ1v) is 8.51. The number of carbonyl (C=O) groups is 1. The lowest BCUT2D eigenvalue weighted by atomic mass is 10.1. The van der Waals surface area contributed by atoms with Gasteiger partial charge < -0.3 is 9.73 Å². The SMILES string of the molecule is Cc1cccc(-c2nnc(CN(C)CC(=O)Nc3ccc(Cl)cc3)o2)c1. The summed E-state index contributed by atoms with van der Waals surface area (Å²) >= 11 is 5.83. The van der Waals surface area contributed by atoms with Crippen LogP contribution in [0.5, 0.6) is 0 Å². The Morgan fingerprint density at radius 3 is 2.69 bits per heavy atom. The topological polar surface area (TPSA) is 71.3 Å². The number of amides is 1. The Morgan fingerprint density at radius 1 is 1.19 bits per heavy atom. The standard InChI is InChI=1S/C19H19ClN4O2/c1-13-4-3-5-14(10-13)19-23-22-18(26-19)12-24(2)11-17(25)21-16-8-6-15(20)7-9-16/h3-10H,11-12H2,1-2H3,(H,21,25). The monoisotopic (exact) mass is 370 g/mol. The normalized spacial score (nSPS) is 10.9. The third-order valence-electron chi connectivity index (χ3n) is 3.68. The van der Waals surface area contributed by atoms with Crippen molar-refractivity contribution in [2.45, 2.75) is 13.5 Å². The van der Waals surface area contributed by atoms with Gasteiger partial charge in [0.25, 0.3) is 0 Å². The summed E-state index contributed by atoms with van der Waals surface area (Å²) in [5.41, 5.74) is 2.71. The highest BCUT2D eigenvalue weighted by Crippen LogP contribution is 2.19. The second kappa shape index (κ2) is 8.12. The van der Waals surface area contributed by atoms with Gasteiger partial charge in [0.1, 0.15) is 0 Å². The van der Waals surface area contributed by atoms with Crippen LogP contribution in [0, 0.1) is 6.92 Å². The second-order valence-corrected chi connectivity index (χ2v) is 6.53. The summed E-state index contributed by atoms with van der Waals surface area (Å²) in [4.78, 5) is 13.9. The molecule has 134 valence electrons. The van der Waals surface area contributed by atoms with Crippen molar-refractivity contribution in [1.82, 2.24) is 15.1 Å². The maximum Gasteiger partial charge on any atom is 0.247 e. The molecule has 1 aromatic heterocycles. The van der Waals surface area contributed by atoms with E-state index in [2.05, 4.69) is 15.5 Å². The molecule has 0 saturated heterocycles. The fourth-order valence-corrected chi connectivity index (χ4v) is 2.60. The predicted octanol–water partition coefficient (Wildman–Crippen LogP) is 3.77. The highest BCUT2D eigenvalue weighted by molar-refractivity contribution is 6.30. The maximum atomic E-state index is 12.1. The van der Waals surface area contributed by atoms with Crippen LogP contribution < -0.4 is 5.32 Å². The molecule has 26 heavy (non-hydrogen) atoms. The summed E-state index contributed by atoms with van der Waals surface area (Å²) in [6.07, 6.45) is 0. The van der Waals surface area contributed by atoms with Crippen LogP contribution in [0.25, 0.3) is 11.5 Å². The molecule has 1 amide bonds. The Hall–Kier alpha value is -2.70. The van der Waals surface area contributed by atoms with Gasteiger partial charge in [0.2, 0.25) is 17.7 Å². The summed E-state index contributed by atoms with van der Waals surface area (Å²) in [5.74, 6) is 0.805. The molecule has 0 spiro atoms. The van der Waals surface area contributed by atoms with E-state index in [0.717, 1.165) is 11.1 Å². The first-order valence-electron chi connectivity index (χ1n) is 8.13. The lowest BCUT2D eigenvalue weighted by Gasteiger charge is -2.14. The van der Waals surface area contributed by atoms with Crippen LogP contribution in [-0.4, -0.2) is 34.6 Å². The molecular formula is C19H19ClN4O2. The summed E-state index contributed by atoms with van der Waals surface area (Å²) in [6, 6.07) is 14.8. The Labute approximate surface area is 156 Å². The van der Waals surface area contributed by atoms with Gasteiger partial charge in [-0.3, -0.25) is 9.69 Å². The molecule has 2 aromatic carbocycles. The number of carbonyl (C=O) groups excluding carboxylic acids is 1. The van der Waals surface area contributed by atoms with E-state index in [4.69, 9.17) is 16.0 Å². The Bertz CT molecular complexity index is 893. The zero-order valence-electron chi connectivity index (χ0n) is 14.6. The summed E-state index contributed by atoms with van der Waals surface area (Å²) < 4.78 is 5.70. The van der Waals surface area contributed by atoms with Crippen molar-refractivity contribution in [1.29, 1.82) is 0 Å². The molecular weight excluding hydrogens is 352 g/mol. The van der Waals surface area contributed by atoms with Gasteiger partial charge in [-0.15, -0.1) is 10.2 Å². The van der Waals surface area contributed by atoms with Gasteiger partial charge in [0.05, 0.1) is 13.1 Å². The van der Waals surface area contributed by atoms with Gasteiger partial charge in [0.15, 0.2) is 0 Å². The van der Waals surface area contributed by atoms with Gasteiger partial charge >= 0.3 is 0 Å². The minimum atomic E-state index is -0.131. The van der Waals surface area contributed by atoms with Crippen LogP contribution in [0.4, 0.5) is 5.69 Å². The summed E-state index contributed by atoms with van der Waals surface area (Å²) in [6.45, 7) is 2.59. The molecule has 0 atom stereocenters. The Balaban J connectivity index is 1.55. The van der Waals surface area contributed by atoms with Crippen molar-refractivity contribution < 1.29 is 9.21 Å². The molecule has 0 aliphatic heterocycles. The smallest absolute Gasteiger partial charge is 0.247 e. The average Bonchev–Trinajstić information content (AvgIpc) is 3.05. The van der Waals surface area contributed by atoms with Gasteiger partial charge in [-0.2, -0.15) is 0 Å². The van der Waals surface area contributed by atoms with Crippen LogP contribution in [0.3, 0.4) is 0 Å². The van der Waals surface area contributed by atoms with Crippen molar-refractivity contribution >= 4 is 23.2 Å². The van der Waals surface area contributed by atoms with E-state index in [1.54, 1.807) is 29.2 Å². The van der Waals surface area contributed by atoms with Crippen molar-refractivity contribution in [2.24, 2.45) is 0 Å². The number of nitrogens with zero attached hydrogens (tertiary/aromatic N) is 3. The van der Waals surface area contributed by atoms with Crippen molar-refractivity contribution in [3.63, 3.8) is 0 Å². The molecule has 0 saturated carbocycles. The Morgan fingerprint density at radius 2 is 1.96 bits per heavy atom. The van der Waals surface area contributed by atoms with Gasteiger partial charge in [-0.25, -0.2) is 0 Å². The predicted molar refractivity (Wildman–Crippen MR) is 101 cm³/mol. The molecule has 0 aliphatic carbocycles.